The second-order valence-electron chi connectivity index (χ2n) is 5.17. The first-order valence-electron chi connectivity index (χ1n) is 7.33. The summed E-state index contributed by atoms with van der Waals surface area (Å²) in [5, 5.41) is 5.36. The zero-order valence-corrected chi connectivity index (χ0v) is 13.3. The molecule has 0 unspecified atom stereocenters. The lowest BCUT2D eigenvalue weighted by atomic mass is 10.1. The molecule has 0 fully saturated rings. The summed E-state index contributed by atoms with van der Waals surface area (Å²) in [7, 11) is 1.60. The highest BCUT2D eigenvalue weighted by atomic mass is 16.5. The fraction of sp³-hybridized carbons (Fsp3) is 0.222. The molecule has 5 nitrogen and oxygen atoms in total. The SMILES string of the molecule is COc1ccc(CNC(=O)CNC(=O)c2ccc(C)cc2)cc1. The largest absolute Gasteiger partial charge is 0.497 e. The molecule has 0 spiro atoms. The molecule has 2 amide bonds. The molecule has 23 heavy (non-hydrogen) atoms. The van der Waals surface area contributed by atoms with Crippen LogP contribution >= 0.6 is 0 Å². The molecule has 0 radical (unpaired) electrons. The Balaban J connectivity index is 1.76. The smallest absolute Gasteiger partial charge is 0.251 e. The van der Waals surface area contributed by atoms with Gasteiger partial charge in [0.05, 0.1) is 13.7 Å². The molecular weight excluding hydrogens is 292 g/mol. The maximum atomic E-state index is 11.9. The molecule has 0 atom stereocenters. The van der Waals surface area contributed by atoms with Gasteiger partial charge in [0, 0.05) is 12.1 Å². The van der Waals surface area contributed by atoms with E-state index in [-0.39, 0.29) is 18.4 Å². The number of carbonyl (C=O) groups excluding carboxylic acids is 2. The molecule has 0 aliphatic heterocycles. The third-order valence-corrected chi connectivity index (χ3v) is 3.37. The lowest BCUT2D eigenvalue weighted by Crippen LogP contribution is -2.36. The number of hydrogen-bond donors (Lipinski definition) is 2. The molecule has 2 rings (SSSR count). The minimum Gasteiger partial charge on any atom is -0.497 e. The first-order chi connectivity index (χ1) is 11.1. The lowest BCUT2D eigenvalue weighted by Gasteiger charge is -2.08. The molecule has 0 saturated carbocycles. The van der Waals surface area contributed by atoms with Gasteiger partial charge in [-0.2, -0.15) is 0 Å². The van der Waals surface area contributed by atoms with Crippen LogP contribution in [-0.4, -0.2) is 25.5 Å². The predicted molar refractivity (Wildman–Crippen MR) is 88.4 cm³/mol. The zero-order valence-electron chi connectivity index (χ0n) is 13.3. The minimum atomic E-state index is -0.260. The summed E-state index contributed by atoms with van der Waals surface area (Å²) in [4.78, 5) is 23.7. The van der Waals surface area contributed by atoms with Gasteiger partial charge in [-0.3, -0.25) is 9.59 Å². The molecular formula is C18H20N2O3. The quantitative estimate of drug-likeness (QED) is 0.858. The van der Waals surface area contributed by atoms with Crippen molar-refractivity contribution in [1.29, 1.82) is 0 Å². The van der Waals surface area contributed by atoms with Crippen LogP contribution in [-0.2, 0) is 11.3 Å². The maximum Gasteiger partial charge on any atom is 0.251 e. The second-order valence-corrected chi connectivity index (χ2v) is 5.17. The average Bonchev–Trinajstić information content (AvgIpc) is 2.59. The monoisotopic (exact) mass is 312 g/mol. The molecule has 0 bridgehead atoms. The zero-order chi connectivity index (χ0) is 16.7. The Morgan fingerprint density at radius 3 is 2.22 bits per heavy atom. The van der Waals surface area contributed by atoms with E-state index in [4.69, 9.17) is 4.74 Å². The Bertz CT molecular complexity index is 664. The first-order valence-corrected chi connectivity index (χ1v) is 7.33. The topological polar surface area (TPSA) is 67.4 Å². The van der Waals surface area contributed by atoms with E-state index in [9.17, 15) is 9.59 Å². The van der Waals surface area contributed by atoms with Crippen LogP contribution in [0.15, 0.2) is 48.5 Å². The van der Waals surface area contributed by atoms with Gasteiger partial charge in [-0.05, 0) is 36.8 Å². The van der Waals surface area contributed by atoms with Crippen molar-refractivity contribution in [3.05, 3.63) is 65.2 Å². The Labute approximate surface area is 135 Å². The fourth-order valence-corrected chi connectivity index (χ4v) is 1.97. The van der Waals surface area contributed by atoms with E-state index < -0.39 is 0 Å². The highest BCUT2D eigenvalue weighted by Crippen LogP contribution is 2.10. The van der Waals surface area contributed by atoms with Gasteiger partial charge in [0.25, 0.3) is 5.91 Å². The molecule has 120 valence electrons. The fourth-order valence-electron chi connectivity index (χ4n) is 1.97. The van der Waals surface area contributed by atoms with Gasteiger partial charge < -0.3 is 15.4 Å². The van der Waals surface area contributed by atoms with Crippen LogP contribution in [0.25, 0.3) is 0 Å². The molecule has 2 N–H and O–H groups in total. The normalized spacial score (nSPS) is 10.0. The van der Waals surface area contributed by atoms with Crippen molar-refractivity contribution < 1.29 is 14.3 Å². The highest BCUT2D eigenvalue weighted by molar-refractivity contribution is 5.96. The second kappa shape index (κ2) is 7.98. The third-order valence-electron chi connectivity index (χ3n) is 3.37. The van der Waals surface area contributed by atoms with Gasteiger partial charge in [0.1, 0.15) is 5.75 Å². The summed E-state index contributed by atoms with van der Waals surface area (Å²) in [6.45, 7) is 2.31. The minimum absolute atomic E-state index is 0.0527. The van der Waals surface area contributed by atoms with E-state index in [1.165, 1.54) is 0 Å². The van der Waals surface area contributed by atoms with Gasteiger partial charge in [-0.25, -0.2) is 0 Å². The van der Waals surface area contributed by atoms with Crippen LogP contribution in [0.4, 0.5) is 0 Å². The summed E-state index contributed by atoms with van der Waals surface area (Å²) in [5.74, 6) is 0.274. The van der Waals surface area contributed by atoms with Crippen molar-refractivity contribution in [1.82, 2.24) is 10.6 Å². The Hall–Kier alpha value is -2.82. The summed E-state index contributed by atoms with van der Waals surface area (Å²) < 4.78 is 5.07. The van der Waals surface area contributed by atoms with E-state index in [1.54, 1.807) is 19.2 Å². The molecule has 0 aliphatic rings. The number of hydrogen-bond acceptors (Lipinski definition) is 3. The standard InChI is InChI=1S/C18H20N2O3/c1-13-3-7-15(8-4-13)18(22)20-12-17(21)19-11-14-5-9-16(23-2)10-6-14/h3-10H,11-12H2,1-2H3,(H,19,21)(H,20,22). The molecule has 5 heteroatoms. The molecule has 0 heterocycles. The summed E-state index contributed by atoms with van der Waals surface area (Å²) in [5.41, 5.74) is 2.58. The summed E-state index contributed by atoms with van der Waals surface area (Å²) >= 11 is 0. The molecule has 2 aromatic carbocycles. The van der Waals surface area contributed by atoms with Crippen LogP contribution in [0, 0.1) is 6.92 Å². The Morgan fingerprint density at radius 2 is 1.61 bits per heavy atom. The van der Waals surface area contributed by atoms with Crippen molar-refractivity contribution in [3.63, 3.8) is 0 Å². The van der Waals surface area contributed by atoms with Crippen molar-refractivity contribution >= 4 is 11.8 Å². The average molecular weight is 312 g/mol. The van der Waals surface area contributed by atoms with Gasteiger partial charge in [0.2, 0.25) is 5.91 Å². The van der Waals surface area contributed by atoms with Crippen molar-refractivity contribution in [3.8, 4) is 5.75 Å². The number of aryl methyl sites for hydroxylation is 1. The van der Waals surface area contributed by atoms with E-state index in [0.717, 1.165) is 16.9 Å². The molecule has 0 saturated heterocycles. The summed E-state index contributed by atoms with van der Waals surface area (Å²) in [6, 6.07) is 14.6. The van der Waals surface area contributed by atoms with Gasteiger partial charge >= 0.3 is 0 Å². The number of carbonyl (C=O) groups is 2. The maximum absolute atomic E-state index is 11.9. The van der Waals surface area contributed by atoms with Crippen LogP contribution in [0.1, 0.15) is 21.5 Å². The highest BCUT2D eigenvalue weighted by Gasteiger charge is 2.07. The molecule has 0 aromatic heterocycles. The first kappa shape index (κ1) is 16.5. The number of ether oxygens (including phenoxy) is 1. The van der Waals surface area contributed by atoms with Gasteiger partial charge in [-0.1, -0.05) is 29.8 Å². The number of amides is 2. The number of nitrogens with one attached hydrogen (secondary N) is 2. The van der Waals surface area contributed by atoms with E-state index in [2.05, 4.69) is 10.6 Å². The predicted octanol–water partition coefficient (Wildman–Crippen LogP) is 2.05. The number of rotatable bonds is 6. The lowest BCUT2D eigenvalue weighted by molar-refractivity contribution is -0.120. The summed E-state index contributed by atoms with van der Waals surface area (Å²) in [6.07, 6.45) is 0. The molecule has 0 aliphatic carbocycles. The third kappa shape index (κ3) is 5.14. The Morgan fingerprint density at radius 1 is 0.957 bits per heavy atom. The van der Waals surface area contributed by atoms with Gasteiger partial charge in [0.15, 0.2) is 0 Å². The van der Waals surface area contributed by atoms with E-state index >= 15 is 0 Å². The van der Waals surface area contributed by atoms with E-state index in [0.29, 0.717) is 12.1 Å². The van der Waals surface area contributed by atoms with Crippen LogP contribution in [0.5, 0.6) is 5.75 Å². The van der Waals surface area contributed by atoms with Crippen LogP contribution < -0.4 is 15.4 Å². The van der Waals surface area contributed by atoms with Crippen LogP contribution in [0.3, 0.4) is 0 Å². The number of methoxy groups -OCH3 is 1. The molecule has 2 aromatic rings. The van der Waals surface area contributed by atoms with Gasteiger partial charge in [-0.15, -0.1) is 0 Å². The van der Waals surface area contributed by atoms with E-state index in [1.807, 2.05) is 43.3 Å². The number of benzene rings is 2. The van der Waals surface area contributed by atoms with Crippen molar-refractivity contribution in [2.45, 2.75) is 13.5 Å². The van der Waals surface area contributed by atoms with Crippen molar-refractivity contribution in [2.75, 3.05) is 13.7 Å². The Kier molecular flexibility index (Phi) is 5.74. The van der Waals surface area contributed by atoms with Crippen LogP contribution in [0.2, 0.25) is 0 Å². The van der Waals surface area contributed by atoms with Crippen molar-refractivity contribution in [2.24, 2.45) is 0 Å².